The highest BCUT2D eigenvalue weighted by atomic mass is 79.9. The summed E-state index contributed by atoms with van der Waals surface area (Å²) in [5, 5.41) is 4.06. The molecular formula is C15H20Br2N2O2. The molecule has 0 radical (unpaired) electrons. The van der Waals surface area contributed by atoms with Crippen LogP contribution in [0, 0.1) is 0 Å². The van der Waals surface area contributed by atoms with Crippen molar-refractivity contribution < 1.29 is 9.53 Å². The first-order valence-electron chi connectivity index (χ1n) is 6.92. The van der Waals surface area contributed by atoms with Crippen LogP contribution in [0.25, 0.3) is 0 Å². The van der Waals surface area contributed by atoms with Gasteiger partial charge in [0.15, 0.2) is 6.61 Å². The lowest BCUT2D eigenvalue weighted by Crippen LogP contribution is -2.25. The maximum atomic E-state index is 11.7. The summed E-state index contributed by atoms with van der Waals surface area (Å²) >= 11 is 6.74. The predicted octanol–water partition coefficient (Wildman–Crippen LogP) is 4.66. The van der Waals surface area contributed by atoms with Crippen LogP contribution in [-0.4, -0.2) is 18.2 Å². The van der Waals surface area contributed by atoms with E-state index in [1.165, 1.54) is 12.8 Å². The number of nitrogens with zero attached hydrogens (tertiary/aromatic N) is 1. The van der Waals surface area contributed by atoms with Crippen molar-refractivity contribution in [2.45, 2.75) is 39.5 Å². The lowest BCUT2D eigenvalue weighted by Gasteiger charge is -2.07. The smallest absolute Gasteiger partial charge is 0.277 e. The Hall–Kier alpha value is -0.880. The highest BCUT2D eigenvalue weighted by molar-refractivity contribution is 9.11. The summed E-state index contributed by atoms with van der Waals surface area (Å²) in [6.07, 6.45) is 4.37. The molecular weight excluding hydrogens is 400 g/mol. The highest BCUT2D eigenvalue weighted by Crippen LogP contribution is 2.27. The minimum Gasteiger partial charge on any atom is -0.483 e. The Morgan fingerprint density at radius 2 is 2.10 bits per heavy atom. The van der Waals surface area contributed by atoms with Gasteiger partial charge in [-0.2, -0.15) is 5.10 Å². The van der Waals surface area contributed by atoms with E-state index in [2.05, 4.69) is 49.3 Å². The summed E-state index contributed by atoms with van der Waals surface area (Å²) < 4.78 is 7.17. The van der Waals surface area contributed by atoms with E-state index >= 15 is 0 Å². The number of amides is 1. The van der Waals surface area contributed by atoms with Crippen LogP contribution in [0.3, 0.4) is 0 Å². The lowest BCUT2D eigenvalue weighted by molar-refractivity contribution is -0.123. The van der Waals surface area contributed by atoms with Gasteiger partial charge in [0.1, 0.15) is 5.75 Å². The van der Waals surface area contributed by atoms with Crippen molar-refractivity contribution in [3.63, 3.8) is 0 Å². The van der Waals surface area contributed by atoms with E-state index < -0.39 is 0 Å². The topological polar surface area (TPSA) is 50.7 Å². The maximum absolute atomic E-state index is 11.7. The van der Waals surface area contributed by atoms with Crippen LogP contribution in [0.5, 0.6) is 5.75 Å². The van der Waals surface area contributed by atoms with Gasteiger partial charge >= 0.3 is 0 Å². The molecule has 1 aromatic rings. The molecule has 0 bridgehead atoms. The van der Waals surface area contributed by atoms with Gasteiger partial charge in [-0.25, -0.2) is 5.43 Å². The minimum atomic E-state index is -0.264. The van der Waals surface area contributed by atoms with Gasteiger partial charge in [-0.15, -0.1) is 0 Å². The van der Waals surface area contributed by atoms with Crippen LogP contribution in [0.2, 0.25) is 0 Å². The summed E-state index contributed by atoms with van der Waals surface area (Å²) in [7, 11) is 0. The van der Waals surface area contributed by atoms with Crippen molar-refractivity contribution in [2.24, 2.45) is 5.10 Å². The lowest BCUT2D eigenvalue weighted by atomic mass is 10.1. The molecule has 0 saturated heterocycles. The van der Waals surface area contributed by atoms with Gasteiger partial charge in [0.25, 0.3) is 5.91 Å². The fourth-order valence-electron chi connectivity index (χ4n) is 1.61. The van der Waals surface area contributed by atoms with E-state index in [0.717, 1.165) is 27.5 Å². The maximum Gasteiger partial charge on any atom is 0.277 e. The Labute approximate surface area is 142 Å². The first-order valence-corrected chi connectivity index (χ1v) is 8.51. The molecule has 4 nitrogen and oxygen atoms in total. The normalized spacial score (nSPS) is 11.3. The van der Waals surface area contributed by atoms with E-state index in [1.807, 2.05) is 19.1 Å². The van der Waals surface area contributed by atoms with Gasteiger partial charge in [0.2, 0.25) is 0 Å². The number of benzene rings is 1. The monoisotopic (exact) mass is 418 g/mol. The van der Waals surface area contributed by atoms with E-state index in [0.29, 0.717) is 5.75 Å². The molecule has 1 aromatic carbocycles. The van der Waals surface area contributed by atoms with Crippen LogP contribution in [-0.2, 0) is 4.79 Å². The number of ether oxygens (including phenoxy) is 1. The SMILES string of the molecule is CCCCC/C(C)=N/NC(=O)COc1ccc(Br)cc1Br. The van der Waals surface area contributed by atoms with Gasteiger partial charge in [-0.3, -0.25) is 4.79 Å². The molecule has 1 amide bonds. The Morgan fingerprint density at radius 3 is 2.76 bits per heavy atom. The minimum absolute atomic E-state index is 0.0635. The van der Waals surface area contributed by atoms with Crippen molar-refractivity contribution in [3.05, 3.63) is 27.1 Å². The Kier molecular flexibility index (Phi) is 8.61. The fourth-order valence-corrected chi connectivity index (χ4v) is 2.77. The number of hydrogen-bond acceptors (Lipinski definition) is 3. The molecule has 0 aromatic heterocycles. The molecule has 0 atom stereocenters. The number of carbonyl (C=O) groups excluding carboxylic acids is 1. The molecule has 0 unspecified atom stereocenters. The number of hydrogen-bond donors (Lipinski definition) is 1. The van der Waals surface area contributed by atoms with E-state index in [4.69, 9.17) is 4.74 Å². The zero-order valence-electron chi connectivity index (χ0n) is 12.3. The molecule has 0 saturated carbocycles. The van der Waals surface area contributed by atoms with E-state index in [9.17, 15) is 4.79 Å². The second-order valence-electron chi connectivity index (χ2n) is 4.70. The average molecular weight is 420 g/mol. The molecule has 0 spiro atoms. The summed E-state index contributed by atoms with van der Waals surface area (Å²) in [5.74, 6) is 0.358. The van der Waals surface area contributed by atoms with Gasteiger partial charge in [0, 0.05) is 10.2 Å². The van der Waals surface area contributed by atoms with Crippen molar-refractivity contribution in [3.8, 4) is 5.75 Å². The zero-order chi connectivity index (χ0) is 15.7. The van der Waals surface area contributed by atoms with Gasteiger partial charge in [-0.1, -0.05) is 35.7 Å². The first kappa shape index (κ1) is 18.2. The summed E-state index contributed by atoms with van der Waals surface area (Å²) in [4.78, 5) is 11.7. The third kappa shape index (κ3) is 7.62. The van der Waals surface area contributed by atoms with Gasteiger partial charge < -0.3 is 4.74 Å². The summed E-state index contributed by atoms with van der Waals surface area (Å²) in [6, 6.07) is 5.51. The highest BCUT2D eigenvalue weighted by Gasteiger charge is 2.05. The number of halogens is 2. The molecule has 0 fully saturated rings. The second-order valence-corrected chi connectivity index (χ2v) is 6.47. The Balaban J connectivity index is 2.35. The molecule has 0 aliphatic carbocycles. The van der Waals surface area contributed by atoms with Crippen molar-refractivity contribution >= 4 is 43.5 Å². The molecule has 1 rings (SSSR count). The molecule has 21 heavy (non-hydrogen) atoms. The number of carbonyl (C=O) groups is 1. The number of rotatable bonds is 8. The van der Waals surface area contributed by atoms with Crippen LogP contribution in [0.15, 0.2) is 32.2 Å². The predicted molar refractivity (Wildman–Crippen MR) is 92.7 cm³/mol. The van der Waals surface area contributed by atoms with Gasteiger partial charge in [-0.05, 0) is 53.9 Å². The van der Waals surface area contributed by atoms with Crippen LogP contribution < -0.4 is 10.2 Å². The van der Waals surface area contributed by atoms with Crippen molar-refractivity contribution in [1.82, 2.24) is 5.43 Å². The molecule has 0 aliphatic rings. The standard InChI is InChI=1S/C15H20Br2N2O2/c1-3-4-5-6-11(2)18-19-15(20)10-21-14-8-7-12(16)9-13(14)17/h7-9H,3-6,10H2,1-2H3,(H,19,20)/b18-11+. The largest absolute Gasteiger partial charge is 0.483 e. The molecule has 0 heterocycles. The molecule has 6 heteroatoms. The number of unbranched alkanes of at least 4 members (excludes halogenated alkanes) is 2. The van der Waals surface area contributed by atoms with Gasteiger partial charge in [0.05, 0.1) is 4.47 Å². The summed E-state index contributed by atoms with van der Waals surface area (Å²) in [6.45, 7) is 4.01. The number of nitrogens with one attached hydrogen (secondary N) is 1. The quantitative estimate of drug-likeness (QED) is 0.378. The third-order valence-electron chi connectivity index (χ3n) is 2.77. The van der Waals surface area contributed by atoms with Crippen LogP contribution >= 0.6 is 31.9 Å². The third-order valence-corrected chi connectivity index (χ3v) is 3.88. The van der Waals surface area contributed by atoms with E-state index in [-0.39, 0.29) is 12.5 Å². The Morgan fingerprint density at radius 1 is 1.33 bits per heavy atom. The van der Waals surface area contributed by atoms with Crippen molar-refractivity contribution in [1.29, 1.82) is 0 Å². The van der Waals surface area contributed by atoms with Crippen LogP contribution in [0.4, 0.5) is 0 Å². The van der Waals surface area contributed by atoms with Crippen LogP contribution in [0.1, 0.15) is 39.5 Å². The zero-order valence-corrected chi connectivity index (χ0v) is 15.5. The average Bonchev–Trinajstić information content (AvgIpc) is 2.44. The van der Waals surface area contributed by atoms with E-state index in [1.54, 1.807) is 6.07 Å². The Bertz CT molecular complexity index is 504. The van der Waals surface area contributed by atoms with Crippen molar-refractivity contribution in [2.75, 3.05) is 6.61 Å². The second kappa shape index (κ2) is 9.95. The molecule has 116 valence electrons. The molecule has 0 aliphatic heterocycles. The molecule has 1 N–H and O–H groups in total. The fraction of sp³-hybridized carbons (Fsp3) is 0.467. The first-order chi connectivity index (χ1) is 10.0. The number of hydrazone groups is 1. The summed E-state index contributed by atoms with van der Waals surface area (Å²) in [5.41, 5.74) is 3.44.